The molecule has 2 aliphatic heterocycles. The number of methoxy groups -OCH3 is 1. The quantitative estimate of drug-likeness (QED) is 0.888. The van der Waals surface area contributed by atoms with Crippen molar-refractivity contribution in [2.45, 2.75) is 44.8 Å². The van der Waals surface area contributed by atoms with Crippen molar-refractivity contribution in [3.8, 4) is 5.75 Å². The number of piperidine rings is 1. The molecule has 0 aliphatic carbocycles. The van der Waals surface area contributed by atoms with Gasteiger partial charge in [-0.1, -0.05) is 12.1 Å². The van der Waals surface area contributed by atoms with Crippen LogP contribution in [0.2, 0.25) is 0 Å². The van der Waals surface area contributed by atoms with Gasteiger partial charge in [-0.25, -0.2) is 0 Å². The summed E-state index contributed by atoms with van der Waals surface area (Å²) in [5.74, 6) is 1.82. The number of carbonyl (C=O) groups excluding carboxylic acids is 1. The Morgan fingerprint density at radius 3 is 2.64 bits per heavy atom. The lowest BCUT2D eigenvalue weighted by Crippen LogP contribution is -2.57. The maximum absolute atomic E-state index is 12.7. The van der Waals surface area contributed by atoms with Gasteiger partial charge in [0.2, 0.25) is 5.91 Å². The lowest BCUT2D eigenvalue weighted by molar-refractivity contribution is -0.140. The number of rotatable bonds is 5. The molecule has 25 heavy (non-hydrogen) atoms. The zero-order valence-electron chi connectivity index (χ0n) is 15.4. The van der Waals surface area contributed by atoms with E-state index in [2.05, 4.69) is 17.4 Å². The second-order valence-electron chi connectivity index (χ2n) is 7.16. The number of carbonyl (C=O) groups is 1. The Labute approximate surface area is 150 Å². The van der Waals surface area contributed by atoms with Gasteiger partial charge in [-0.15, -0.1) is 0 Å². The second-order valence-corrected chi connectivity index (χ2v) is 7.16. The highest BCUT2D eigenvalue weighted by Gasteiger charge is 2.33. The zero-order valence-corrected chi connectivity index (χ0v) is 15.4. The SMILES string of the molecule is COc1ccc(CCC2CCN(C(=O)[C@H]3NCCO[C@@H]3C)CC2)cc1. The summed E-state index contributed by atoms with van der Waals surface area (Å²) in [5.41, 5.74) is 1.36. The summed E-state index contributed by atoms with van der Waals surface area (Å²) in [7, 11) is 1.69. The molecule has 1 aromatic carbocycles. The smallest absolute Gasteiger partial charge is 0.242 e. The Bertz CT molecular complexity index is 553. The van der Waals surface area contributed by atoms with Crippen molar-refractivity contribution < 1.29 is 14.3 Å². The summed E-state index contributed by atoms with van der Waals surface area (Å²) in [6, 6.07) is 8.17. The standard InChI is InChI=1S/C20H30N2O3/c1-15-19(21-11-14-25-15)20(23)22-12-9-17(10-13-22)4-3-16-5-7-18(24-2)8-6-16/h5-8,15,17,19,21H,3-4,9-14H2,1-2H3/t15-,19+/m1/s1. The molecule has 1 N–H and O–H groups in total. The first-order valence-electron chi connectivity index (χ1n) is 9.44. The number of benzene rings is 1. The molecule has 5 heteroatoms. The molecule has 138 valence electrons. The first-order chi connectivity index (χ1) is 12.2. The van der Waals surface area contributed by atoms with E-state index in [0.717, 1.165) is 44.6 Å². The fourth-order valence-electron chi connectivity index (χ4n) is 3.81. The zero-order chi connectivity index (χ0) is 17.6. The predicted octanol–water partition coefficient (Wildman–Crippen LogP) is 2.24. The minimum Gasteiger partial charge on any atom is -0.497 e. The number of hydrogen-bond donors (Lipinski definition) is 1. The monoisotopic (exact) mass is 346 g/mol. The van der Waals surface area contributed by atoms with Gasteiger partial charge < -0.3 is 19.7 Å². The minimum atomic E-state index is -0.176. The molecule has 1 amide bonds. The Hall–Kier alpha value is -1.59. The summed E-state index contributed by atoms with van der Waals surface area (Å²) < 4.78 is 10.8. The molecule has 2 aliphatic rings. The van der Waals surface area contributed by atoms with Crippen molar-refractivity contribution in [3.63, 3.8) is 0 Å². The highest BCUT2D eigenvalue weighted by molar-refractivity contribution is 5.82. The highest BCUT2D eigenvalue weighted by Crippen LogP contribution is 2.24. The number of morpholine rings is 1. The molecular weight excluding hydrogens is 316 g/mol. The van der Waals surface area contributed by atoms with Gasteiger partial charge in [0, 0.05) is 19.6 Å². The lowest BCUT2D eigenvalue weighted by atomic mass is 9.90. The molecule has 2 heterocycles. The second kappa shape index (κ2) is 8.68. The van der Waals surface area contributed by atoms with Crippen molar-refractivity contribution in [1.29, 1.82) is 0 Å². The minimum absolute atomic E-state index is 0.0333. The third-order valence-corrected chi connectivity index (χ3v) is 5.51. The molecule has 5 nitrogen and oxygen atoms in total. The normalized spacial score (nSPS) is 25.0. The fraction of sp³-hybridized carbons (Fsp3) is 0.650. The van der Waals surface area contributed by atoms with Crippen LogP contribution in [0.1, 0.15) is 31.7 Å². The van der Waals surface area contributed by atoms with E-state index >= 15 is 0 Å². The molecule has 0 aromatic heterocycles. The average Bonchev–Trinajstić information content (AvgIpc) is 2.67. The van der Waals surface area contributed by atoms with Crippen LogP contribution in [0.4, 0.5) is 0 Å². The Kier molecular flexibility index (Phi) is 6.32. The van der Waals surface area contributed by atoms with E-state index in [1.165, 1.54) is 12.0 Å². The average molecular weight is 346 g/mol. The van der Waals surface area contributed by atoms with E-state index in [4.69, 9.17) is 9.47 Å². The van der Waals surface area contributed by atoms with Crippen molar-refractivity contribution in [2.24, 2.45) is 5.92 Å². The van der Waals surface area contributed by atoms with Crippen molar-refractivity contribution in [3.05, 3.63) is 29.8 Å². The molecule has 1 aromatic rings. The van der Waals surface area contributed by atoms with Crippen LogP contribution in [0.5, 0.6) is 5.75 Å². The van der Waals surface area contributed by atoms with Crippen LogP contribution in [0, 0.1) is 5.92 Å². The van der Waals surface area contributed by atoms with Gasteiger partial charge in [0.1, 0.15) is 11.8 Å². The molecule has 2 fully saturated rings. The number of likely N-dealkylation sites (tertiary alicyclic amines) is 1. The summed E-state index contributed by atoms with van der Waals surface area (Å²) in [6.45, 7) is 5.18. The predicted molar refractivity (Wildman–Crippen MR) is 97.8 cm³/mol. The van der Waals surface area contributed by atoms with Crippen molar-refractivity contribution in [1.82, 2.24) is 10.2 Å². The van der Waals surface area contributed by atoms with Crippen molar-refractivity contribution in [2.75, 3.05) is 33.4 Å². The number of nitrogens with one attached hydrogen (secondary N) is 1. The van der Waals surface area contributed by atoms with Crippen molar-refractivity contribution >= 4 is 5.91 Å². The summed E-state index contributed by atoms with van der Waals surface area (Å²) in [6.07, 6.45) is 4.45. The number of amides is 1. The Morgan fingerprint density at radius 1 is 1.28 bits per heavy atom. The van der Waals surface area contributed by atoms with E-state index < -0.39 is 0 Å². The molecule has 0 bridgehead atoms. The Balaban J connectivity index is 1.42. The van der Waals surface area contributed by atoms with E-state index in [0.29, 0.717) is 12.5 Å². The number of ether oxygens (including phenoxy) is 2. The van der Waals surface area contributed by atoms with Crippen LogP contribution in [0.15, 0.2) is 24.3 Å². The van der Waals surface area contributed by atoms with Crippen LogP contribution in [0.3, 0.4) is 0 Å². The van der Waals surface area contributed by atoms with Gasteiger partial charge in [-0.3, -0.25) is 4.79 Å². The summed E-state index contributed by atoms with van der Waals surface area (Å²) >= 11 is 0. The third kappa shape index (κ3) is 4.73. The maximum Gasteiger partial charge on any atom is 0.242 e. The molecule has 0 unspecified atom stereocenters. The van der Waals surface area contributed by atoms with E-state index in [1.54, 1.807) is 7.11 Å². The van der Waals surface area contributed by atoms with Crippen LogP contribution in [-0.2, 0) is 16.0 Å². The van der Waals surface area contributed by atoms with Crippen LogP contribution < -0.4 is 10.1 Å². The van der Waals surface area contributed by atoms with Gasteiger partial charge >= 0.3 is 0 Å². The van der Waals surface area contributed by atoms with Gasteiger partial charge in [-0.2, -0.15) is 0 Å². The molecule has 0 spiro atoms. The number of nitrogens with zero attached hydrogens (tertiary/aromatic N) is 1. The van der Waals surface area contributed by atoms with Gasteiger partial charge in [0.15, 0.2) is 0 Å². The number of hydrogen-bond acceptors (Lipinski definition) is 4. The van der Waals surface area contributed by atoms with Crippen LogP contribution in [0.25, 0.3) is 0 Å². The van der Waals surface area contributed by atoms with Gasteiger partial charge in [0.05, 0.1) is 19.8 Å². The third-order valence-electron chi connectivity index (χ3n) is 5.51. The maximum atomic E-state index is 12.7. The van der Waals surface area contributed by atoms with Crippen LogP contribution >= 0.6 is 0 Å². The molecule has 0 saturated carbocycles. The molecule has 3 rings (SSSR count). The van der Waals surface area contributed by atoms with E-state index in [-0.39, 0.29) is 18.1 Å². The molecular formula is C20H30N2O3. The first-order valence-corrected chi connectivity index (χ1v) is 9.44. The summed E-state index contributed by atoms with van der Waals surface area (Å²) in [5, 5.41) is 3.31. The van der Waals surface area contributed by atoms with E-state index in [1.807, 2.05) is 24.0 Å². The molecule has 2 atom stereocenters. The largest absolute Gasteiger partial charge is 0.497 e. The first kappa shape index (κ1) is 18.2. The van der Waals surface area contributed by atoms with E-state index in [9.17, 15) is 4.79 Å². The summed E-state index contributed by atoms with van der Waals surface area (Å²) in [4.78, 5) is 14.7. The molecule has 0 radical (unpaired) electrons. The topological polar surface area (TPSA) is 50.8 Å². The van der Waals surface area contributed by atoms with Gasteiger partial charge in [-0.05, 0) is 56.2 Å². The van der Waals surface area contributed by atoms with Gasteiger partial charge in [0.25, 0.3) is 0 Å². The Morgan fingerprint density at radius 2 is 2.00 bits per heavy atom. The molecule has 2 saturated heterocycles. The number of aryl methyl sites for hydroxylation is 1. The lowest BCUT2D eigenvalue weighted by Gasteiger charge is -2.37. The van der Waals surface area contributed by atoms with Crippen LogP contribution in [-0.4, -0.2) is 56.3 Å². The highest BCUT2D eigenvalue weighted by atomic mass is 16.5. The fourth-order valence-corrected chi connectivity index (χ4v) is 3.81.